The predicted octanol–water partition coefficient (Wildman–Crippen LogP) is 3.63. The van der Waals surface area contributed by atoms with Crippen LogP contribution in [0.5, 0.6) is 0 Å². The summed E-state index contributed by atoms with van der Waals surface area (Å²) >= 11 is 1.23. The molecule has 152 valence electrons. The topological polar surface area (TPSA) is 78.5 Å². The minimum absolute atomic E-state index is 0.174. The minimum Gasteiger partial charge on any atom is -0.324 e. The van der Waals surface area contributed by atoms with Crippen LogP contribution in [0.4, 0.5) is 19.3 Å². The van der Waals surface area contributed by atoms with Crippen molar-refractivity contribution < 1.29 is 22.0 Å². The van der Waals surface area contributed by atoms with Gasteiger partial charge in [-0.25, -0.2) is 26.7 Å². The third-order valence-electron chi connectivity index (χ3n) is 4.53. The van der Waals surface area contributed by atoms with E-state index in [1.807, 2.05) is 0 Å². The van der Waals surface area contributed by atoms with Gasteiger partial charge in [0.25, 0.3) is 0 Å². The van der Waals surface area contributed by atoms with Gasteiger partial charge >= 0.3 is 6.03 Å². The molecule has 0 saturated carbocycles. The molecular formula is C18H21F2N3O3S2. The second-order valence-electron chi connectivity index (χ2n) is 6.73. The van der Waals surface area contributed by atoms with Crippen LogP contribution < -0.4 is 10.0 Å². The Morgan fingerprint density at radius 1 is 1.18 bits per heavy atom. The Morgan fingerprint density at radius 3 is 2.57 bits per heavy atom. The molecule has 28 heavy (non-hydrogen) atoms. The summed E-state index contributed by atoms with van der Waals surface area (Å²) in [5, 5.41) is 5.95. The van der Waals surface area contributed by atoms with Gasteiger partial charge in [0, 0.05) is 35.5 Å². The summed E-state index contributed by atoms with van der Waals surface area (Å²) in [7, 11) is -3.30. The lowest BCUT2D eigenvalue weighted by Crippen LogP contribution is -2.38. The molecule has 1 atom stereocenters. The molecule has 0 aliphatic carbocycles. The highest BCUT2D eigenvalue weighted by Crippen LogP contribution is 2.35. The molecule has 0 spiro atoms. The second-order valence-corrected chi connectivity index (χ2v) is 9.25. The number of likely N-dealkylation sites (tertiary alicyclic amines) is 1. The zero-order chi connectivity index (χ0) is 20.3. The molecule has 2 aromatic rings. The smallest absolute Gasteiger partial charge is 0.321 e. The normalized spacial score (nSPS) is 18.0. The Kier molecular flexibility index (Phi) is 6.31. The number of hydrogen-bond acceptors (Lipinski definition) is 4. The SMILES string of the molecule is CS(=O)(=O)N[C@H]1CCCN(C(=O)Nc2cscc2-c2c(F)cccc2F)CC1. The van der Waals surface area contributed by atoms with E-state index < -0.39 is 21.7 Å². The number of carbonyl (C=O) groups excluding carboxylic acids is 1. The summed E-state index contributed by atoms with van der Waals surface area (Å²) in [4.78, 5) is 14.2. The van der Waals surface area contributed by atoms with Crippen LogP contribution in [0.1, 0.15) is 19.3 Å². The lowest BCUT2D eigenvalue weighted by atomic mass is 10.1. The molecule has 1 aromatic heterocycles. The van der Waals surface area contributed by atoms with Gasteiger partial charge < -0.3 is 10.2 Å². The average Bonchev–Trinajstić information content (AvgIpc) is 2.91. The van der Waals surface area contributed by atoms with E-state index in [0.717, 1.165) is 6.26 Å². The number of hydrogen-bond donors (Lipinski definition) is 2. The van der Waals surface area contributed by atoms with Crippen LogP contribution in [0.15, 0.2) is 29.0 Å². The zero-order valence-corrected chi connectivity index (χ0v) is 16.9. The molecule has 1 aliphatic heterocycles. The number of urea groups is 1. The first-order chi connectivity index (χ1) is 13.2. The van der Waals surface area contributed by atoms with E-state index in [9.17, 15) is 22.0 Å². The molecule has 10 heteroatoms. The molecular weight excluding hydrogens is 408 g/mol. The van der Waals surface area contributed by atoms with Crippen LogP contribution in [-0.4, -0.2) is 44.7 Å². The van der Waals surface area contributed by atoms with Gasteiger partial charge in [0.1, 0.15) is 11.6 Å². The Labute approximate surface area is 166 Å². The maximum absolute atomic E-state index is 14.1. The number of nitrogens with one attached hydrogen (secondary N) is 2. The van der Waals surface area contributed by atoms with Crippen molar-refractivity contribution in [3.8, 4) is 11.1 Å². The Morgan fingerprint density at radius 2 is 1.89 bits per heavy atom. The number of amides is 2. The minimum atomic E-state index is -3.30. The van der Waals surface area contributed by atoms with Crippen molar-refractivity contribution in [2.45, 2.75) is 25.3 Å². The Balaban J connectivity index is 1.70. The van der Waals surface area contributed by atoms with Gasteiger partial charge in [-0.2, -0.15) is 0 Å². The van der Waals surface area contributed by atoms with Crippen LogP contribution in [0.3, 0.4) is 0 Å². The lowest BCUT2D eigenvalue weighted by molar-refractivity contribution is 0.213. The highest BCUT2D eigenvalue weighted by Gasteiger charge is 2.24. The summed E-state index contributed by atoms with van der Waals surface area (Å²) in [6, 6.07) is 3.04. The summed E-state index contributed by atoms with van der Waals surface area (Å²) in [6.45, 7) is 0.855. The number of carbonyl (C=O) groups is 1. The Bertz CT molecular complexity index is 942. The summed E-state index contributed by atoms with van der Waals surface area (Å²) in [6.07, 6.45) is 2.90. The van der Waals surface area contributed by atoms with Crippen molar-refractivity contribution >= 4 is 33.1 Å². The average molecular weight is 430 g/mol. The van der Waals surface area contributed by atoms with Crippen molar-refractivity contribution in [1.82, 2.24) is 9.62 Å². The maximum atomic E-state index is 14.1. The number of anilines is 1. The molecule has 0 radical (unpaired) electrons. The van der Waals surface area contributed by atoms with Crippen molar-refractivity contribution in [3.05, 3.63) is 40.6 Å². The first kappa shape index (κ1) is 20.7. The highest BCUT2D eigenvalue weighted by atomic mass is 32.2. The lowest BCUT2D eigenvalue weighted by Gasteiger charge is -2.21. The Hall–Kier alpha value is -2.04. The molecule has 2 N–H and O–H groups in total. The number of rotatable bonds is 4. The first-order valence-electron chi connectivity index (χ1n) is 8.78. The van der Waals surface area contributed by atoms with Crippen LogP contribution in [0.2, 0.25) is 0 Å². The molecule has 1 aromatic carbocycles. The van der Waals surface area contributed by atoms with Crippen LogP contribution in [-0.2, 0) is 10.0 Å². The van der Waals surface area contributed by atoms with E-state index in [2.05, 4.69) is 10.0 Å². The molecule has 3 rings (SSSR count). The largest absolute Gasteiger partial charge is 0.324 e. The standard InChI is InChI=1S/C18H21F2N3O3S2/c1-28(25,26)22-12-4-3-8-23(9-7-12)18(24)21-16-11-27-10-13(16)17-14(19)5-2-6-15(17)20/h2,5-6,10-12,22H,3-4,7-9H2,1H3,(H,21,24)/t12-/m0/s1. The first-order valence-corrected chi connectivity index (χ1v) is 11.6. The van der Waals surface area contributed by atoms with Gasteiger partial charge in [0.05, 0.1) is 17.5 Å². The highest BCUT2D eigenvalue weighted by molar-refractivity contribution is 7.88. The summed E-state index contributed by atoms with van der Waals surface area (Å²) < 4.78 is 53.6. The van der Waals surface area contributed by atoms with Gasteiger partial charge in [-0.3, -0.25) is 0 Å². The predicted molar refractivity (Wildman–Crippen MR) is 106 cm³/mol. The van der Waals surface area contributed by atoms with E-state index >= 15 is 0 Å². The zero-order valence-electron chi connectivity index (χ0n) is 15.2. The van der Waals surface area contributed by atoms with Gasteiger partial charge in [-0.15, -0.1) is 11.3 Å². The third kappa shape index (κ3) is 5.06. The van der Waals surface area contributed by atoms with Crippen molar-refractivity contribution in [3.63, 3.8) is 0 Å². The van der Waals surface area contributed by atoms with E-state index in [-0.39, 0.29) is 17.6 Å². The van der Waals surface area contributed by atoms with Crippen LogP contribution in [0, 0.1) is 11.6 Å². The van der Waals surface area contributed by atoms with Crippen molar-refractivity contribution in [2.75, 3.05) is 24.7 Å². The fraction of sp³-hybridized carbons (Fsp3) is 0.389. The molecule has 0 unspecified atom stereocenters. The third-order valence-corrected chi connectivity index (χ3v) is 6.04. The monoisotopic (exact) mass is 429 g/mol. The van der Waals surface area contributed by atoms with Gasteiger partial charge in [0.2, 0.25) is 10.0 Å². The number of halogens is 2. The van der Waals surface area contributed by atoms with Crippen molar-refractivity contribution in [1.29, 1.82) is 0 Å². The molecule has 1 saturated heterocycles. The fourth-order valence-corrected chi connectivity index (χ4v) is 4.87. The molecule has 0 bridgehead atoms. The fourth-order valence-electron chi connectivity index (χ4n) is 3.26. The molecule has 1 fully saturated rings. The van der Waals surface area contributed by atoms with E-state index in [0.29, 0.717) is 43.6 Å². The van der Waals surface area contributed by atoms with Gasteiger partial charge in [0.15, 0.2) is 0 Å². The second kappa shape index (κ2) is 8.54. The quantitative estimate of drug-likeness (QED) is 0.779. The van der Waals surface area contributed by atoms with Crippen LogP contribution >= 0.6 is 11.3 Å². The van der Waals surface area contributed by atoms with Gasteiger partial charge in [-0.05, 0) is 31.4 Å². The number of thiophene rings is 1. The van der Waals surface area contributed by atoms with Crippen molar-refractivity contribution in [2.24, 2.45) is 0 Å². The van der Waals surface area contributed by atoms with Gasteiger partial charge in [-0.1, -0.05) is 6.07 Å². The van der Waals surface area contributed by atoms with Crippen LogP contribution in [0.25, 0.3) is 11.1 Å². The van der Waals surface area contributed by atoms with E-state index in [4.69, 9.17) is 0 Å². The van der Waals surface area contributed by atoms with E-state index in [1.165, 1.54) is 29.5 Å². The summed E-state index contributed by atoms with van der Waals surface area (Å²) in [5.74, 6) is -1.39. The summed E-state index contributed by atoms with van der Waals surface area (Å²) in [5.41, 5.74) is 0.460. The number of sulfonamides is 1. The molecule has 1 aliphatic rings. The number of nitrogens with zero attached hydrogens (tertiary/aromatic N) is 1. The molecule has 6 nitrogen and oxygen atoms in total. The molecule has 2 amide bonds. The number of benzene rings is 1. The van der Waals surface area contributed by atoms with E-state index in [1.54, 1.807) is 15.7 Å². The molecule has 2 heterocycles. The maximum Gasteiger partial charge on any atom is 0.321 e.